The number of hydrogen-bond donors (Lipinski definition) is 0. The van der Waals surface area contributed by atoms with Crippen LogP contribution < -0.4 is 4.43 Å². The van der Waals surface area contributed by atoms with Crippen LogP contribution >= 0.6 is 0 Å². The zero-order chi connectivity index (χ0) is 9.19. The van der Waals surface area contributed by atoms with Crippen molar-refractivity contribution in [3.8, 4) is 0 Å². The van der Waals surface area contributed by atoms with Crippen molar-refractivity contribution in [2.45, 2.75) is 4.90 Å². The SMILES string of the molecule is [CH2]=[Al][c]1cccc(S(=O)(=O)[O-])c1. The fraction of sp³-hybridized carbons (Fsp3) is 0. The first-order valence-corrected chi connectivity index (χ1v) is 6.02. The van der Waals surface area contributed by atoms with Gasteiger partial charge < -0.3 is 0 Å². The molecule has 0 N–H and O–H groups in total. The molecular formula is C7H6AlO3S-. The summed E-state index contributed by atoms with van der Waals surface area (Å²) in [6, 6.07) is 5.99. The van der Waals surface area contributed by atoms with E-state index in [0.29, 0.717) is 0 Å². The summed E-state index contributed by atoms with van der Waals surface area (Å²) < 4.78 is 32.4. The van der Waals surface area contributed by atoms with Crippen LogP contribution in [-0.2, 0) is 10.1 Å². The Morgan fingerprint density at radius 2 is 2.08 bits per heavy atom. The summed E-state index contributed by atoms with van der Waals surface area (Å²) in [5.41, 5.74) is 0. The van der Waals surface area contributed by atoms with Crippen molar-refractivity contribution in [3.63, 3.8) is 0 Å². The van der Waals surface area contributed by atoms with E-state index in [9.17, 15) is 13.0 Å². The molecule has 0 amide bonds. The monoisotopic (exact) mass is 197 g/mol. The van der Waals surface area contributed by atoms with Gasteiger partial charge in [-0.3, -0.25) is 0 Å². The normalized spacial score (nSPS) is 10.8. The molecule has 1 aromatic rings. The minimum atomic E-state index is -4.30. The second-order valence-corrected chi connectivity index (χ2v) is 4.69. The van der Waals surface area contributed by atoms with Gasteiger partial charge in [0.2, 0.25) is 0 Å². The van der Waals surface area contributed by atoms with Gasteiger partial charge in [0.1, 0.15) is 0 Å². The van der Waals surface area contributed by atoms with Gasteiger partial charge in [0.25, 0.3) is 0 Å². The molecule has 0 unspecified atom stereocenters. The predicted octanol–water partition coefficient (Wildman–Crippen LogP) is -0.648. The third kappa shape index (κ3) is 2.26. The van der Waals surface area contributed by atoms with Gasteiger partial charge in [-0.15, -0.1) is 0 Å². The van der Waals surface area contributed by atoms with Crippen LogP contribution in [0.2, 0.25) is 0 Å². The zero-order valence-electron chi connectivity index (χ0n) is 6.23. The second-order valence-electron chi connectivity index (χ2n) is 2.23. The van der Waals surface area contributed by atoms with E-state index in [1.54, 1.807) is 12.1 Å². The fourth-order valence-corrected chi connectivity index (χ4v) is 1.99. The van der Waals surface area contributed by atoms with Crippen molar-refractivity contribution in [1.29, 1.82) is 0 Å². The number of rotatable bonds is 2. The van der Waals surface area contributed by atoms with Crippen LogP contribution in [0.15, 0.2) is 29.2 Å². The van der Waals surface area contributed by atoms with E-state index in [0.717, 1.165) is 4.43 Å². The fourth-order valence-electron chi connectivity index (χ4n) is 0.797. The van der Waals surface area contributed by atoms with Crippen LogP contribution in [0.25, 0.3) is 0 Å². The molecule has 0 aromatic heterocycles. The van der Waals surface area contributed by atoms with E-state index >= 15 is 0 Å². The quantitative estimate of drug-likeness (QED) is 0.467. The van der Waals surface area contributed by atoms with Crippen molar-refractivity contribution >= 4 is 34.7 Å². The van der Waals surface area contributed by atoms with Gasteiger partial charge in [0.15, 0.2) is 0 Å². The number of benzene rings is 1. The molecule has 0 aliphatic rings. The first-order valence-electron chi connectivity index (χ1n) is 3.22. The molecule has 1 aromatic carbocycles. The molecule has 0 aliphatic heterocycles. The molecule has 0 spiro atoms. The van der Waals surface area contributed by atoms with Crippen molar-refractivity contribution in [3.05, 3.63) is 24.3 Å². The summed E-state index contributed by atoms with van der Waals surface area (Å²) >= 11 is -0.195. The molecule has 0 bridgehead atoms. The van der Waals surface area contributed by atoms with Gasteiger partial charge in [-0.25, -0.2) is 0 Å². The Labute approximate surface area is 77.0 Å². The van der Waals surface area contributed by atoms with E-state index in [1.165, 1.54) is 12.1 Å². The summed E-state index contributed by atoms with van der Waals surface area (Å²) in [6.07, 6.45) is 0. The van der Waals surface area contributed by atoms with Gasteiger partial charge in [-0.05, 0) is 0 Å². The maximum atomic E-state index is 10.5. The molecular weight excluding hydrogens is 191 g/mol. The summed E-state index contributed by atoms with van der Waals surface area (Å²) in [4.78, 5) is -0.170. The molecule has 0 radical (unpaired) electrons. The van der Waals surface area contributed by atoms with E-state index in [-0.39, 0.29) is 19.7 Å². The third-order valence-corrected chi connectivity index (χ3v) is 3.04. The standard InChI is InChI=1S/C6H5O3S.CH2.Al/c7-10(8,9)6-4-2-1-3-5-6;;/h1-2,4-5H,(H,7,8,9);1H2;/p-1. The van der Waals surface area contributed by atoms with Crippen LogP contribution in [0.3, 0.4) is 0 Å². The molecule has 0 aliphatic carbocycles. The molecule has 5 heteroatoms. The molecule has 1 rings (SSSR count). The van der Waals surface area contributed by atoms with Gasteiger partial charge in [-0.1, -0.05) is 0 Å². The molecule has 62 valence electrons. The zero-order valence-corrected chi connectivity index (χ0v) is 8.20. The van der Waals surface area contributed by atoms with Crippen LogP contribution in [0.5, 0.6) is 0 Å². The Bertz CT molecular complexity index is 397. The molecule has 3 nitrogen and oxygen atoms in total. The Kier molecular flexibility index (Phi) is 2.81. The molecule has 0 heterocycles. The number of hydrogen-bond acceptors (Lipinski definition) is 3. The van der Waals surface area contributed by atoms with E-state index < -0.39 is 10.1 Å². The van der Waals surface area contributed by atoms with Gasteiger partial charge in [0, 0.05) is 0 Å². The van der Waals surface area contributed by atoms with Crippen LogP contribution in [-0.4, -0.2) is 33.1 Å². The Hall–Kier alpha value is -0.468. The third-order valence-electron chi connectivity index (χ3n) is 1.38. The van der Waals surface area contributed by atoms with Crippen LogP contribution in [0.4, 0.5) is 0 Å². The van der Waals surface area contributed by atoms with E-state index in [2.05, 4.69) is 5.39 Å². The van der Waals surface area contributed by atoms with Crippen LogP contribution in [0, 0.1) is 0 Å². The second kappa shape index (κ2) is 3.50. The summed E-state index contributed by atoms with van der Waals surface area (Å²) in [7, 11) is -4.30. The first kappa shape index (κ1) is 9.62. The first-order chi connectivity index (χ1) is 5.54. The van der Waals surface area contributed by atoms with Gasteiger partial charge in [0.05, 0.1) is 0 Å². The summed E-state index contributed by atoms with van der Waals surface area (Å²) in [5, 5.41) is 3.67. The molecule has 0 saturated heterocycles. The van der Waals surface area contributed by atoms with Crippen molar-refractivity contribution < 1.29 is 13.0 Å². The maximum absolute atomic E-state index is 10.5. The summed E-state index contributed by atoms with van der Waals surface area (Å²) in [5.74, 6) is 0. The Balaban J connectivity index is 3.29. The molecule has 0 atom stereocenters. The average molecular weight is 197 g/mol. The predicted molar refractivity (Wildman–Crippen MR) is 46.9 cm³/mol. The average Bonchev–Trinajstić information content (AvgIpc) is 2.03. The van der Waals surface area contributed by atoms with Crippen molar-refractivity contribution in [1.82, 2.24) is 0 Å². The Morgan fingerprint density at radius 3 is 2.58 bits per heavy atom. The minimum absolute atomic E-state index is 0.170. The van der Waals surface area contributed by atoms with Crippen molar-refractivity contribution in [2.24, 2.45) is 0 Å². The van der Waals surface area contributed by atoms with Crippen molar-refractivity contribution in [2.75, 3.05) is 0 Å². The molecule has 12 heavy (non-hydrogen) atoms. The summed E-state index contributed by atoms with van der Waals surface area (Å²) in [6.45, 7) is 0. The molecule has 0 fully saturated rings. The topological polar surface area (TPSA) is 57.2 Å². The Morgan fingerprint density at radius 1 is 1.42 bits per heavy atom. The van der Waals surface area contributed by atoms with Crippen LogP contribution in [0.1, 0.15) is 0 Å². The van der Waals surface area contributed by atoms with Gasteiger partial charge >= 0.3 is 76.8 Å². The molecule has 0 saturated carbocycles. The van der Waals surface area contributed by atoms with E-state index in [4.69, 9.17) is 0 Å². The van der Waals surface area contributed by atoms with Gasteiger partial charge in [-0.2, -0.15) is 0 Å². The van der Waals surface area contributed by atoms with E-state index in [1.807, 2.05) is 0 Å².